The lowest BCUT2D eigenvalue weighted by molar-refractivity contribution is -0.137. The van der Waals surface area contributed by atoms with Gasteiger partial charge in [0.15, 0.2) is 5.92 Å². The van der Waals surface area contributed by atoms with E-state index in [1.165, 1.54) is 0 Å². The first-order valence-electron chi connectivity index (χ1n) is 11.2. The average Bonchev–Trinajstić information content (AvgIpc) is 3.33. The van der Waals surface area contributed by atoms with Gasteiger partial charge in [-0.1, -0.05) is 37.1 Å². The Labute approximate surface area is 194 Å². The Morgan fingerprint density at radius 1 is 1.21 bits per heavy atom. The van der Waals surface area contributed by atoms with E-state index in [1.807, 2.05) is 54.6 Å². The minimum Gasteiger partial charge on any atom is -0.481 e. The number of anilines is 1. The van der Waals surface area contributed by atoms with Crippen molar-refractivity contribution in [3.05, 3.63) is 66.0 Å². The van der Waals surface area contributed by atoms with Crippen molar-refractivity contribution in [3.8, 4) is 12.1 Å². The van der Waals surface area contributed by atoms with Crippen molar-refractivity contribution in [2.24, 2.45) is 10.9 Å². The zero-order valence-corrected chi connectivity index (χ0v) is 18.4. The maximum absolute atomic E-state index is 10.9. The molecular formula is C26H27N5O2. The molecule has 1 fully saturated rings. The van der Waals surface area contributed by atoms with E-state index in [0.717, 1.165) is 48.1 Å². The smallest absolute Gasteiger partial charge is 0.303 e. The van der Waals surface area contributed by atoms with E-state index in [0.29, 0.717) is 18.7 Å². The number of nitriles is 2. The van der Waals surface area contributed by atoms with E-state index in [9.17, 15) is 15.3 Å². The van der Waals surface area contributed by atoms with Crippen molar-refractivity contribution in [1.82, 2.24) is 4.98 Å². The number of hydrogen-bond acceptors (Lipinski definition) is 5. The molecule has 2 N–H and O–H groups in total. The summed E-state index contributed by atoms with van der Waals surface area (Å²) in [6.07, 6.45) is 11.0. The highest BCUT2D eigenvalue weighted by atomic mass is 16.4. The second-order valence-corrected chi connectivity index (χ2v) is 8.00. The summed E-state index contributed by atoms with van der Waals surface area (Å²) in [5.74, 6) is -1.38. The van der Waals surface area contributed by atoms with Crippen LogP contribution in [0.4, 0.5) is 5.69 Å². The molecule has 0 radical (unpaired) electrons. The summed E-state index contributed by atoms with van der Waals surface area (Å²) < 4.78 is 0. The zero-order chi connectivity index (χ0) is 23.5. The average molecular weight is 442 g/mol. The molecule has 0 bridgehead atoms. The SMILES string of the molecule is N#CC(C#N)C(=NC1CCCC1)Nc1cccc(C(=CCCCC(=O)O)c2cccnc2)c1. The molecule has 0 unspecified atom stereocenters. The van der Waals surface area contributed by atoms with E-state index < -0.39 is 11.9 Å². The first-order valence-corrected chi connectivity index (χ1v) is 11.2. The van der Waals surface area contributed by atoms with Crippen LogP contribution in [-0.4, -0.2) is 27.9 Å². The number of aromatic nitrogens is 1. The summed E-state index contributed by atoms with van der Waals surface area (Å²) >= 11 is 0. The third-order valence-electron chi connectivity index (χ3n) is 5.54. The fourth-order valence-electron chi connectivity index (χ4n) is 3.90. The Hall–Kier alpha value is -3.97. The Kier molecular flexibility index (Phi) is 8.73. The molecule has 2 aromatic rings. The van der Waals surface area contributed by atoms with Gasteiger partial charge in [-0.05, 0) is 55.0 Å². The van der Waals surface area contributed by atoms with Gasteiger partial charge < -0.3 is 10.4 Å². The summed E-state index contributed by atoms with van der Waals surface area (Å²) in [6.45, 7) is 0. The van der Waals surface area contributed by atoms with Gasteiger partial charge >= 0.3 is 5.97 Å². The fraction of sp³-hybridized carbons (Fsp3) is 0.346. The van der Waals surface area contributed by atoms with Crippen molar-refractivity contribution in [1.29, 1.82) is 10.5 Å². The van der Waals surface area contributed by atoms with E-state index in [-0.39, 0.29) is 12.5 Å². The first-order chi connectivity index (χ1) is 16.1. The van der Waals surface area contributed by atoms with Crippen molar-refractivity contribution >= 4 is 23.1 Å². The minimum atomic E-state index is -0.960. The molecular weight excluding hydrogens is 414 g/mol. The molecule has 1 aromatic carbocycles. The van der Waals surface area contributed by atoms with Crippen LogP contribution < -0.4 is 5.32 Å². The first kappa shape index (κ1) is 23.7. The lowest BCUT2D eigenvalue weighted by Crippen LogP contribution is -2.23. The van der Waals surface area contributed by atoms with Gasteiger partial charge in [0.1, 0.15) is 5.84 Å². The van der Waals surface area contributed by atoms with Crippen LogP contribution in [0.2, 0.25) is 0 Å². The van der Waals surface area contributed by atoms with Gasteiger partial charge in [0.2, 0.25) is 0 Å². The number of nitrogens with zero attached hydrogens (tertiary/aromatic N) is 4. The molecule has 0 amide bonds. The van der Waals surface area contributed by atoms with Crippen LogP contribution in [0.1, 0.15) is 56.1 Å². The molecule has 33 heavy (non-hydrogen) atoms. The number of benzene rings is 1. The molecule has 168 valence electrons. The summed E-state index contributed by atoms with van der Waals surface area (Å²) in [4.78, 5) is 19.8. The molecule has 0 spiro atoms. The van der Waals surface area contributed by atoms with Gasteiger partial charge in [0.25, 0.3) is 0 Å². The van der Waals surface area contributed by atoms with Gasteiger partial charge in [-0.25, -0.2) is 0 Å². The largest absolute Gasteiger partial charge is 0.481 e. The molecule has 0 saturated heterocycles. The molecule has 7 nitrogen and oxygen atoms in total. The second kappa shape index (κ2) is 12.2. The van der Waals surface area contributed by atoms with Crippen LogP contribution in [0.5, 0.6) is 0 Å². The molecule has 1 heterocycles. The Bertz CT molecular complexity index is 1080. The molecule has 1 aromatic heterocycles. The van der Waals surface area contributed by atoms with Gasteiger partial charge in [0, 0.05) is 30.1 Å². The number of rotatable bonds is 9. The van der Waals surface area contributed by atoms with E-state index in [4.69, 9.17) is 10.1 Å². The molecule has 0 aliphatic heterocycles. The number of amidine groups is 1. The molecule has 1 aliphatic carbocycles. The van der Waals surface area contributed by atoms with E-state index in [1.54, 1.807) is 12.4 Å². The predicted molar refractivity (Wildman–Crippen MR) is 127 cm³/mol. The summed E-state index contributed by atoms with van der Waals surface area (Å²) in [6, 6.07) is 15.7. The third kappa shape index (κ3) is 7.02. The number of hydrogen-bond donors (Lipinski definition) is 2. The van der Waals surface area contributed by atoms with Crippen molar-refractivity contribution in [3.63, 3.8) is 0 Å². The number of carboxylic acids is 1. The van der Waals surface area contributed by atoms with Gasteiger partial charge in [-0.15, -0.1) is 0 Å². The number of carbonyl (C=O) groups is 1. The van der Waals surface area contributed by atoms with Crippen molar-refractivity contribution in [2.75, 3.05) is 5.32 Å². The van der Waals surface area contributed by atoms with Crippen LogP contribution >= 0.6 is 0 Å². The maximum atomic E-state index is 10.9. The van der Waals surface area contributed by atoms with Gasteiger partial charge in [-0.2, -0.15) is 10.5 Å². The number of allylic oxidation sites excluding steroid dienone is 1. The fourth-order valence-corrected chi connectivity index (χ4v) is 3.90. The highest BCUT2D eigenvalue weighted by molar-refractivity contribution is 6.00. The number of pyridine rings is 1. The minimum absolute atomic E-state index is 0.114. The Balaban J connectivity index is 1.89. The van der Waals surface area contributed by atoms with Gasteiger partial charge in [-0.3, -0.25) is 14.8 Å². The molecule has 7 heteroatoms. The number of aliphatic imine (C=N–C) groups is 1. The third-order valence-corrected chi connectivity index (χ3v) is 5.54. The maximum Gasteiger partial charge on any atom is 0.303 e. The Morgan fingerprint density at radius 2 is 1.97 bits per heavy atom. The van der Waals surface area contributed by atoms with Crippen LogP contribution in [0.25, 0.3) is 5.57 Å². The number of aliphatic carboxylic acids is 1. The molecule has 3 rings (SSSR count). The zero-order valence-electron chi connectivity index (χ0n) is 18.4. The normalized spacial score (nSPS) is 14.6. The van der Waals surface area contributed by atoms with Gasteiger partial charge in [0.05, 0.1) is 18.2 Å². The standard InChI is InChI=1S/C26H27N5O2/c27-16-21(17-28)26(30-22-9-1-2-10-22)31-23-11-5-7-19(15-23)24(12-3-4-13-25(32)33)20-8-6-14-29-18-20/h5-8,11-12,14-15,18,21-22H,1-4,9-10,13H2,(H,30,31)(H,32,33). The summed E-state index contributed by atoms with van der Waals surface area (Å²) in [7, 11) is 0. The molecule has 1 aliphatic rings. The highest BCUT2D eigenvalue weighted by Gasteiger charge is 2.20. The Morgan fingerprint density at radius 3 is 2.64 bits per heavy atom. The van der Waals surface area contributed by atoms with Crippen molar-refractivity contribution in [2.45, 2.75) is 51.0 Å². The van der Waals surface area contributed by atoms with Crippen LogP contribution in [-0.2, 0) is 4.79 Å². The monoisotopic (exact) mass is 441 g/mol. The lowest BCUT2D eigenvalue weighted by Gasteiger charge is -2.15. The van der Waals surface area contributed by atoms with Crippen LogP contribution in [0.15, 0.2) is 59.9 Å². The summed E-state index contributed by atoms with van der Waals surface area (Å²) in [5, 5.41) is 31.0. The number of carboxylic acid groups (broad SMARTS) is 1. The number of unbranched alkanes of at least 4 members (excludes halogenated alkanes) is 1. The van der Waals surface area contributed by atoms with E-state index >= 15 is 0 Å². The highest BCUT2D eigenvalue weighted by Crippen LogP contribution is 2.27. The lowest BCUT2D eigenvalue weighted by atomic mass is 9.97. The number of nitrogens with one attached hydrogen (secondary N) is 1. The quantitative estimate of drug-likeness (QED) is 0.314. The van der Waals surface area contributed by atoms with Crippen LogP contribution in [0, 0.1) is 28.6 Å². The summed E-state index contributed by atoms with van der Waals surface area (Å²) in [5.41, 5.74) is 3.54. The van der Waals surface area contributed by atoms with Crippen molar-refractivity contribution < 1.29 is 9.90 Å². The van der Waals surface area contributed by atoms with E-state index in [2.05, 4.69) is 10.3 Å². The topological polar surface area (TPSA) is 122 Å². The molecule has 0 atom stereocenters. The predicted octanol–water partition coefficient (Wildman–Crippen LogP) is 5.18. The van der Waals surface area contributed by atoms with Crippen LogP contribution in [0.3, 0.4) is 0 Å². The second-order valence-electron chi connectivity index (χ2n) is 8.00. The molecule has 1 saturated carbocycles.